The molecule has 32 heavy (non-hydrogen) atoms. The van der Waals surface area contributed by atoms with Gasteiger partial charge in [0.05, 0.1) is 24.0 Å². The molecule has 2 aromatic carbocycles. The Morgan fingerprint density at radius 3 is 2.69 bits per heavy atom. The van der Waals surface area contributed by atoms with Crippen LogP contribution in [0.2, 0.25) is 5.02 Å². The van der Waals surface area contributed by atoms with E-state index in [9.17, 15) is 4.79 Å². The van der Waals surface area contributed by atoms with Crippen LogP contribution >= 0.6 is 11.6 Å². The highest BCUT2D eigenvalue weighted by molar-refractivity contribution is 6.36. The van der Waals surface area contributed by atoms with E-state index >= 15 is 0 Å². The molecular weight excluding hydrogens is 422 g/mol. The first-order chi connectivity index (χ1) is 15.6. The summed E-state index contributed by atoms with van der Waals surface area (Å²) >= 11 is 6.94. The van der Waals surface area contributed by atoms with Crippen molar-refractivity contribution < 1.29 is 9.53 Å². The fourth-order valence-corrected chi connectivity index (χ4v) is 5.07. The summed E-state index contributed by atoms with van der Waals surface area (Å²) < 4.78 is 5.58. The number of fused-ring (bicyclic) bond motifs is 1. The molecule has 164 valence electrons. The van der Waals surface area contributed by atoms with E-state index in [-0.39, 0.29) is 12.1 Å². The van der Waals surface area contributed by atoms with Gasteiger partial charge < -0.3 is 10.1 Å². The van der Waals surface area contributed by atoms with Crippen molar-refractivity contribution in [3.8, 4) is 28.3 Å². The molecule has 0 bridgehead atoms. The molecule has 0 spiro atoms. The van der Waals surface area contributed by atoms with Crippen molar-refractivity contribution in [2.45, 2.75) is 44.8 Å². The fourth-order valence-electron chi connectivity index (χ4n) is 4.74. The predicted octanol–water partition coefficient (Wildman–Crippen LogP) is 4.89. The lowest BCUT2D eigenvalue weighted by molar-refractivity contribution is -0.119. The Labute approximate surface area is 193 Å². The Hall–Kier alpha value is -2.89. The summed E-state index contributed by atoms with van der Waals surface area (Å²) in [5.74, 6) is 0.642. The van der Waals surface area contributed by atoms with Crippen molar-refractivity contribution in [1.82, 2.24) is 15.6 Å². The Morgan fingerprint density at radius 1 is 1.06 bits per heavy atom. The van der Waals surface area contributed by atoms with Gasteiger partial charge in [-0.25, -0.2) is 4.98 Å². The lowest BCUT2D eigenvalue weighted by Crippen LogP contribution is -2.38. The molecule has 6 heteroatoms. The van der Waals surface area contributed by atoms with Gasteiger partial charge in [-0.05, 0) is 48.4 Å². The average molecular weight is 448 g/mol. The monoisotopic (exact) mass is 447 g/mol. The molecule has 1 unspecified atom stereocenters. The Morgan fingerprint density at radius 2 is 1.88 bits per heavy atom. The van der Waals surface area contributed by atoms with Crippen LogP contribution in [0.3, 0.4) is 0 Å². The fraction of sp³-hybridized carbons (Fsp3) is 0.308. The van der Waals surface area contributed by atoms with Gasteiger partial charge in [0.15, 0.2) is 0 Å². The first kappa shape index (κ1) is 21.0. The highest BCUT2D eigenvalue weighted by Crippen LogP contribution is 2.40. The second kappa shape index (κ2) is 8.93. The second-order valence-corrected chi connectivity index (χ2v) is 8.75. The van der Waals surface area contributed by atoms with E-state index < -0.39 is 0 Å². The van der Waals surface area contributed by atoms with Gasteiger partial charge in [-0.2, -0.15) is 0 Å². The minimum absolute atomic E-state index is 0.00869. The minimum atomic E-state index is -0.00869. The number of hydrogen-bond acceptors (Lipinski definition) is 4. The number of pyridine rings is 1. The second-order valence-electron chi connectivity index (χ2n) is 8.37. The van der Waals surface area contributed by atoms with Crippen LogP contribution in [0.1, 0.15) is 36.0 Å². The quantitative estimate of drug-likeness (QED) is 0.564. The number of aryl methyl sites for hydroxylation is 1. The summed E-state index contributed by atoms with van der Waals surface area (Å²) in [5.41, 5.74) is 7.71. The maximum Gasteiger partial charge on any atom is 0.221 e. The summed E-state index contributed by atoms with van der Waals surface area (Å²) in [4.78, 5) is 16.2. The molecule has 1 aromatic heterocycles. The van der Waals surface area contributed by atoms with Crippen LogP contribution in [0, 0.1) is 0 Å². The van der Waals surface area contributed by atoms with Gasteiger partial charge in [-0.15, -0.1) is 0 Å². The van der Waals surface area contributed by atoms with Gasteiger partial charge >= 0.3 is 0 Å². The van der Waals surface area contributed by atoms with E-state index in [1.54, 1.807) is 7.11 Å². The summed E-state index contributed by atoms with van der Waals surface area (Å²) in [6.45, 7) is 0.561. The predicted molar refractivity (Wildman–Crippen MR) is 127 cm³/mol. The van der Waals surface area contributed by atoms with E-state index in [1.165, 1.54) is 23.1 Å². The van der Waals surface area contributed by atoms with Gasteiger partial charge in [0.2, 0.25) is 11.8 Å². The van der Waals surface area contributed by atoms with Crippen molar-refractivity contribution in [2.75, 3.05) is 7.11 Å². The standard InChI is InChI=1S/C26H26ClN3O2/c1-32-26-17(15-28-23-13-14-24(31)30-23)11-12-22(29-26)21-10-4-9-20(25(21)27)19-8-3-6-16-5-2-7-18(16)19/h3-4,6,8-12,23,28H,2,5,7,13-15H2,1H3,(H,30,31). The highest BCUT2D eigenvalue weighted by Gasteiger charge is 2.21. The molecule has 5 nitrogen and oxygen atoms in total. The number of nitrogens with one attached hydrogen (secondary N) is 2. The number of hydrogen-bond donors (Lipinski definition) is 2. The van der Waals surface area contributed by atoms with Crippen LogP contribution in [0.15, 0.2) is 48.5 Å². The third-order valence-electron chi connectivity index (χ3n) is 6.38. The van der Waals surface area contributed by atoms with Gasteiger partial charge in [0.1, 0.15) is 0 Å². The van der Waals surface area contributed by atoms with Crippen LogP contribution in [-0.2, 0) is 24.2 Å². The lowest BCUT2D eigenvalue weighted by Gasteiger charge is -2.16. The normalized spacial score (nSPS) is 17.3. The Balaban J connectivity index is 1.44. The number of methoxy groups -OCH3 is 1. The largest absolute Gasteiger partial charge is 0.481 e. The smallest absolute Gasteiger partial charge is 0.221 e. The van der Waals surface area contributed by atoms with Crippen molar-refractivity contribution in [1.29, 1.82) is 0 Å². The maximum absolute atomic E-state index is 11.4. The van der Waals surface area contributed by atoms with Crippen LogP contribution < -0.4 is 15.4 Å². The molecule has 2 heterocycles. The van der Waals surface area contributed by atoms with Crippen LogP contribution in [0.5, 0.6) is 5.88 Å². The zero-order valence-electron chi connectivity index (χ0n) is 18.1. The molecule has 3 aromatic rings. The molecule has 2 N–H and O–H groups in total. The van der Waals surface area contributed by atoms with E-state index in [4.69, 9.17) is 21.3 Å². The number of carbonyl (C=O) groups is 1. The molecule has 1 fully saturated rings. The SMILES string of the molecule is COc1nc(-c2cccc(-c3cccc4c3CCC4)c2Cl)ccc1CNC1CCC(=O)N1. The maximum atomic E-state index is 11.4. The molecule has 1 aliphatic heterocycles. The summed E-state index contributed by atoms with van der Waals surface area (Å²) in [6.07, 6.45) is 4.78. The number of carbonyl (C=O) groups excluding carboxylic acids is 1. The average Bonchev–Trinajstić information content (AvgIpc) is 3.46. The van der Waals surface area contributed by atoms with E-state index in [0.29, 0.717) is 23.9 Å². The number of aromatic nitrogens is 1. The van der Waals surface area contributed by atoms with E-state index in [2.05, 4.69) is 34.9 Å². The number of rotatable bonds is 6. The van der Waals surface area contributed by atoms with Crippen molar-refractivity contribution >= 4 is 17.5 Å². The number of nitrogens with zero attached hydrogens (tertiary/aromatic N) is 1. The lowest BCUT2D eigenvalue weighted by atomic mass is 9.95. The Bertz CT molecular complexity index is 1180. The van der Waals surface area contributed by atoms with Crippen LogP contribution in [-0.4, -0.2) is 24.2 Å². The minimum Gasteiger partial charge on any atom is -0.481 e. The van der Waals surface area contributed by atoms with E-state index in [0.717, 1.165) is 41.6 Å². The first-order valence-corrected chi connectivity index (χ1v) is 11.5. The number of benzene rings is 2. The summed E-state index contributed by atoms with van der Waals surface area (Å²) in [5, 5.41) is 6.98. The molecule has 0 saturated carbocycles. The van der Waals surface area contributed by atoms with Crippen LogP contribution in [0.4, 0.5) is 0 Å². The van der Waals surface area contributed by atoms with Gasteiger partial charge in [0.25, 0.3) is 0 Å². The van der Waals surface area contributed by atoms with Gasteiger partial charge in [-0.1, -0.05) is 54.1 Å². The molecular formula is C26H26ClN3O2. The molecule has 2 aliphatic rings. The molecule has 5 rings (SSSR count). The van der Waals surface area contributed by atoms with Crippen molar-refractivity contribution in [3.63, 3.8) is 0 Å². The molecule has 1 atom stereocenters. The molecule has 1 saturated heterocycles. The zero-order chi connectivity index (χ0) is 22.1. The van der Waals surface area contributed by atoms with Gasteiger partial charge in [0, 0.05) is 29.7 Å². The summed E-state index contributed by atoms with van der Waals surface area (Å²) in [7, 11) is 1.62. The van der Waals surface area contributed by atoms with Gasteiger partial charge in [-0.3, -0.25) is 10.1 Å². The van der Waals surface area contributed by atoms with Crippen LogP contribution in [0.25, 0.3) is 22.4 Å². The third-order valence-corrected chi connectivity index (χ3v) is 6.78. The van der Waals surface area contributed by atoms with E-state index in [1.807, 2.05) is 24.3 Å². The van der Waals surface area contributed by atoms with Crippen molar-refractivity contribution in [2.24, 2.45) is 0 Å². The molecule has 1 amide bonds. The number of halogens is 1. The molecule has 1 aliphatic carbocycles. The number of ether oxygens (including phenoxy) is 1. The topological polar surface area (TPSA) is 63.2 Å². The number of amides is 1. The third kappa shape index (κ3) is 3.98. The Kier molecular flexibility index (Phi) is 5.85. The first-order valence-electron chi connectivity index (χ1n) is 11.1. The molecule has 0 radical (unpaired) electrons. The summed E-state index contributed by atoms with van der Waals surface area (Å²) in [6, 6.07) is 16.6. The zero-order valence-corrected chi connectivity index (χ0v) is 18.8. The highest BCUT2D eigenvalue weighted by atomic mass is 35.5. The van der Waals surface area contributed by atoms with Crippen molar-refractivity contribution in [3.05, 3.63) is 70.2 Å².